The third kappa shape index (κ3) is 5.66. The zero-order valence-corrected chi connectivity index (χ0v) is 21.3. The number of aliphatic imine (C=N–C) groups is 1. The van der Waals surface area contributed by atoms with Crippen molar-refractivity contribution >= 4 is 47.1 Å². The first kappa shape index (κ1) is 24.8. The fourth-order valence-electron chi connectivity index (χ4n) is 3.95. The maximum atomic E-state index is 13.5. The second kappa shape index (κ2) is 10.9. The Balaban J connectivity index is 1.67. The van der Waals surface area contributed by atoms with E-state index < -0.39 is 5.92 Å². The molecule has 0 saturated carbocycles. The number of thioether (sulfide) groups is 1. The summed E-state index contributed by atoms with van der Waals surface area (Å²) in [5.74, 6) is -0.760. The summed E-state index contributed by atoms with van der Waals surface area (Å²) >= 11 is 7.69. The van der Waals surface area contributed by atoms with Gasteiger partial charge in [-0.1, -0.05) is 80.0 Å². The van der Waals surface area contributed by atoms with E-state index in [4.69, 9.17) is 11.6 Å². The van der Waals surface area contributed by atoms with Crippen molar-refractivity contribution in [3.05, 3.63) is 106 Å². The van der Waals surface area contributed by atoms with Gasteiger partial charge in [-0.25, -0.2) is 4.99 Å². The molecule has 7 heteroatoms. The SMILES string of the molecule is CSc1ccc(/C=C2\N=C(c3ccccc3)N(NC(=O)C(c3ccc(Cl)cc3)C(C)C)C2=O)cc1. The van der Waals surface area contributed by atoms with Crippen LogP contribution in [-0.4, -0.2) is 28.9 Å². The van der Waals surface area contributed by atoms with Crippen LogP contribution in [-0.2, 0) is 9.59 Å². The highest BCUT2D eigenvalue weighted by Gasteiger charge is 2.35. The maximum absolute atomic E-state index is 13.5. The Morgan fingerprint density at radius 1 is 1.00 bits per heavy atom. The molecule has 4 rings (SSSR count). The number of carbonyl (C=O) groups is 2. The number of halogens is 1. The molecule has 1 unspecified atom stereocenters. The molecule has 3 aromatic rings. The van der Waals surface area contributed by atoms with Crippen LogP contribution in [0.1, 0.15) is 36.5 Å². The zero-order valence-electron chi connectivity index (χ0n) is 19.7. The number of rotatable bonds is 7. The van der Waals surface area contributed by atoms with Gasteiger partial charge in [-0.3, -0.25) is 15.0 Å². The summed E-state index contributed by atoms with van der Waals surface area (Å²) in [6.45, 7) is 3.95. The summed E-state index contributed by atoms with van der Waals surface area (Å²) in [5.41, 5.74) is 5.52. The Morgan fingerprint density at radius 3 is 2.26 bits per heavy atom. The van der Waals surface area contributed by atoms with Crippen molar-refractivity contribution < 1.29 is 9.59 Å². The van der Waals surface area contributed by atoms with Crippen molar-refractivity contribution in [2.45, 2.75) is 24.7 Å². The van der Waals surface area contributed by atoms with Crippen LogP contribution in [0.15, 0.2) is 94.4 Å². The van der Waals surface area contributed by atoms with Gasteiger partial charge in [0.25, 0.3) is 5.91 Å². The Morgan fingerprint density at radius 2 is 1.66 bits per heavy atom. The van der Waals surface area contributed by atoms with Crippen molar-refractivity contribution in [2.24, 2.45) is 10.9 Å². The van der Waals surface area contributed by atoms with Gasteiger partial charge in [-0.2, -0.15) is 5.01 Å². The molecule has 0 aliphatic carbocycles. The van der Waals surface area contributed by atoms with Crippen LogP contribution in [0.5, 0.6) is 0 Å². The molecule has 0 bridgehead atoms. The first-order chi connectivity index (χ1) is 16.9. The smallest absolute Gasteiger partial charge is 0.273 e. The number of hydrogen-bond donors (Lipinski definition) is 1. The number of hydrogen-bond acceptors (Lipinski definition) is 4. The summed E-state index contributed by atoms with van der Waals surface area (Å²) < 4.78 is 0. The average molecular weight is 504 g/mol. The highest BCUT2D eigenvalue weighted by molar-refractivity contribution is 7.98. The van der Waals surface area contributed by atoms with Gasteiger partial charge in [0.15, 0.2) is 5.84 Å². The number of carbonyl (C=O) groups excluding carboxylic acids is 2. The molecule has 0 saturated heterocycles. The predicted molar refractivity (Wildman–Crippen MR) is 143 cm³/mol. The number of hydrazine groups is 1. The lowest BCUT2D eigenvalue weighted by molar-refractivity contribution is -0.134. The Hall–Kier alpha value is -3.35. The Labute approximate surface area is 214 Å². The molecule has 0 spiro atoms. The third-order valence-corrected chi connectivity index (χ3v) is 6.71. The van der Waals surface area contributed by atoms with E-state index in [1.807, 2.05) is 86.8 Å². The van der Waals surface area contributed by atoms with Gasteiger partial charge < -0.3 is 0 Å². The molecule has 1 aliphatic heterocycles. The quantitative estimate of drug-likeness (QED) is 0.310. The minimum Gasteiger partial charge on any atom is -0.273 e. The second-order valence-corrected chi connectivity index (χ2v) is 9.81. The van der Waals surface area contributed by atoms with Crippen molar-refractivity contribution in [2.75, 3.05) is 6.26 Å². The summed E-state index contributed by atoms with van der Waals surface area (Å²) in [6, 6.07) is 24.5. The number of benzene rings is 3. The standard InChI is InChI=1S/C28H26ClN3O2S/c1-18(2)25(20-11-13-22(29)14-12-20)27(33)31-32-26(21-7-5-4-6-8-21)30-24(28(32)34)17-19-9-15-23(35-3)16-10-19/h4-18,25H,1-3H3,(H,31,33)/b24-17-. The number of amidine groups is 1. The van der Waals surface area contributed by atoms with Gasteiger partial charge in [-0.05, 0) is 53.6 Å². The highest BCUT2D eigenvalue weighted by atomic mass is 35.5. The Kier molecular flexibility index (Phi) is 7.73. The normalized spacial score (nSPS) is 15.5. The fraction of sp³-hybridized carbons (Fsp3) is 0.179. The van der Waals surface area contributed by atoms with Crippen LogP contribution in [0.2, 0.25) is 5.02 Å². The number of amides is 2. The lowest BCUT2D eigenvalue weighted by Gasteiger charge is -2.25. The number of nitrogens with one attached hydrogen (secondary N) is 1. The van der Waals surface area contributed by atoms with Gasteiger partial charge in [0, 0.05) is 15.5 Å². The van der Waals surface area contributed by atoms with Crippen LogP contribution >= 0.6 is 23.4 Å². The topological polar surface area (TPSA) is 61.8 Å². The molecule has 1 N–H and O–H groups in total. The highest BCUT2D eigenvalue weighted by Crippen LogP contribution is 2.28. The van der Waals surface area contributed by atoms with Crippen molar-refractivity contribution in [3.8, 4) is 0 Å². The monoisotopic (exact) mass is 503 g/mol. The largest absolute Gasteiger partial charge is 0.297 e. The second-order valence-electron chi connectivity index (χ2n) is 8.49. The summed E-state index contributed by atoms with van der Waals surface area (Å²) in [6.07, 6.45) is 3.75. The molecule has 2 amide bonds. The van der Waals surface area contributed by atoms with E-state index in [2.05, 4.69) is 10.4 Å². The average Bonchev–Trinajstić information content (AvgIpc) is 3.16. The molecule has 5 nitrogen and oxygen atoms in total. The van der Waals surface area contributed by atoms with Crippen LogP contribution in [0, 0.1) is 5.92 Å². The van der Waals surface area contributed by atoms with Gasteiger partial charge in [-0.15, -0.1) is 11.8 Å². The molecule has 35 heavy (non-hydrogen) atoms. The third-order valence-electron chi connectivity index (χ3n) is 5.71. The molecule has 1 aliphatic rings. The van der Waals surface area contributed by atoms with Gasteiger partial charge in [0.1, 0.15) is 5.70 Å². The lowest BCUT2D eigenvalue weighted by Crippen LogP contribution is -2.49. The van der Waals surface area contributed by atoms with Crippen molar-refractivity contribution in [3.63, 3.8) is 0 Å². The summed E-state index contributed by atoms with van der Waals surface area (Å²) in [5, 5.41) is 1.86. The van der Waals surface area contributed by atoms with Gasteiger partial charge in [0.2, 0.25) is 5.91 Å². The maximum Gasteiger partial charge on any atom is 0.297 e. The molecular weight excluding hydrogens is 478 g/mol. The lowest BCUT2D eigenvalue weighted by atomic mass is 9.88. The first-order valence-electron chi connectivity index (χ1n) is 11.3. The van der Waals surface area contributed by atoms with Crippen LogP contribution in [0.3, 0.4) is 0 Å². The minimum atomic E-state index is -0.468. The van der Waals surface area contributed by atoms with Crippen LogP contribution in [0.4, 0.5) is 0 Å². The summed E-state index contributed by atoms with van der Waals surface area (Å²) in [7, 11) is 0. The van der Waals surface area contributed by atoms with Crippen molar-refractivity contribution in [1.82, 2.24) is 10.4 Å². The van der Waals surface area contributed by atoms with E-state index in [0.717, 1.165) is 21.6 Å². The minimum absolute atomic E-state index is 0.00374. The molecule has 178 valence electrons. The summed E-state index contributed by atoms with van der Waals surface area (Å²) in [4.78, 5) is 32.7. The molecule has 3 aromatic carbocycles. The molecule has 1 atom stereocenters. The molecule has 0 fully saturated rings. The Bertz CT molecular complexity index is 1270. The van der Waals surface area contributed by atoms with Gasteiger partial charge in [0.05, 0.1) is 5.92 Å². The van der Waals surface area contributed by atoms with E-state index in [1.54, 1.807) is 30.0 Å². The van der Waals surface area contributed by atoms with E-state index in [0.29, 0.717) is 10.9 Å². The van der Waals surface area contributed by atoms with Crippen molar-refractivity contribution in [1.29, 1.82) is 0 Å². The molecule has 1 heterocycles. The first-order valence-corrected chi connectivity index (χ1v) is 12.9. The molecule has 0 aromatic heterocycles. The molecular formula is C28H26ClN3O2S. The zero-order chi connectivity index (χ0) is 24.9. The van der Waals surface area contributed by atoms with E-state index in [9.17, 15) is 9.59 Å². The van der Waals surface area contributed by atoms with Crippen LogP contribution < -0.4 is 5.43 Å². The predicted octanol–water partition coefficient (Wildman–Crippen LogP) is 6.16. The van der Waals surface area contributed by atoms with E-state index >= 15 is 0 Å². The van der Waals surface area contributed by atoms with E-state index in [1.165, 1.54) is 5.01 Å². The molecule has 0 radical (unpaired) electrons. The van der Waals surface area contributed by atoms with Gasteiger partial charge >= 0.3 is 0 Å². The van der Waals surface area contributed by atoms with Crippen LogP contribution in [0.25, 0.3) is 6.08 Å². The fourth-order valence-corrected chi connectivity index (χ4v) is 4.48. The number of nitrogens with zero attached hydrogens (tertiary/aromatic N) is 2. The van der Waals surface area contributed by atoms with E-state index in [-0.39, 0.29) is 23.4 Å².